The summed E-state index contributed by atoms with van der Waals surface area (Å²) in [5, 5.41) is 3.36. The predicted molar refractivity (Wildman–Crippen MR) is 119 cm³/mol. The summed E-state index contributed by atoms with van der Waals surface area (Å²) in [7, 11) is 3.18. The summed E-state index contributed by atoms with van der Waals surface area (Å²) in [6, 6.07) is 5.46. The molecular formula is C25H33NO5. The molecule has 0 saturated heterocycles. The smallest absolute Gasteiger partial charge is 0.336 e. The number of hydrogen-bond donors (Lipinski definition) is 1. The summed E-state index contributed by atoms with van der Waals surface area (Å²) in [5.74, 6) is 0.303. The highest BCUT2D eigenvalue weighted by molar-refractivity contribution is 6.04. The molecule has 1 N–H and O–H groups in total. The first-order valence-electron chi connectivity index (χ1n) is 10.9. The molecule has 6 heteroatoms. The maximum absolute atomic E-state index is 13.4. The molecule has 6 nitrogen and oxygen atoms in total. The van der Waals surface area contributed by atoms with Gasteiger partial charge in [0.2, 0.25) is 0 Å². The van der Waals surface area contributed by atoms with E-state index in [2.05, 4.69) is 19.2 Å². The molecule has 0 fully saturated rings. The summed E-state index contributed by atoms with van der Waals surface area (Å²) in [6.45, 7) is 8.44. The van der Waals surface area contributed by atoms with Crippen molar-refractivity contribution in [2.24, 2.45) is 5.41 Å². The monoisotopic (exact) mass is 427 g/mol. The fraction of sp³-hybridized carbons (Fsp3) is 0.520. The summed E-state index contributed by atoms with van der Waals surface area (Å²) < 4.78 is 16.7. The Bertz CT molecular complexity index is 941. The van der Waals surface area contributed by atoms with E-state index in [1.54, 1.807) is 20.3 Å². The molecule has 0 amide bonds. The van der Waals surface area contributed by atoms with Crippen molar-refractivity contribution in [2.45, 2.75) is 59.3 Å². The van der Waals surface area contributed by atoms with Gasteiger partial charge in [0.15, 0.2) is 5.78 Å². The van der Waals surface area contributed by atoms with Crippen LogP contribution in [0.1, 0.15) is 64.9 Å². The summed E-state index contributed by atoms with van der Waals surface area (Å²) in [4.78, 5) is 26.6. The van der Waals surface area contributed by atoms with Crippen molar-refractivity contribution in [1.82, 2.24) is 5.32 Å². The van der Waals surface area contributed by atoms with E-state index in [4.69, 9.17) is 14.2 Å². The number of benzene rings is 1. The fourth-order valence-corrected chi connectivity index (χ4v) is 4.47. The second kappa shape index (κ2) is 9.16. The first-order valence-corrected chi connectivity index (χ1v) is 10.9. The molecule has 0 spiro atoms. The van der Waals surface area contributed by atoms with Crippen molar-refractivity contribution in [2.75, 3.05) is 20.8 Å². The Morgan fingerprint density at radius 1 is 1.19 bits per heavy atom. The lowest BCUT2D eigenvalue weighted by Gasteiger charge is -2.39. The molecule has 1 heterocycles. The van der Waals surface area contributed by atoms with Gasteiger partial charge in [-0.25, -0.2) is 4.79 Å². The van der Waals surface area contributed by atoms with Gasteiger partial charge in [-0.2, -0.15) is 0 Å². The van der Waals surface area contributed by atoms with Crippen LogP contribution in [0, 0.1) is 5.41 Å². The Kier molecular flexibility index (Phi) is 6.77. The van der Waals surface area contributed by atoms with Gasteiger partial charge in [0.05, 0.1) is 32.3 Å². The van der Waals surface area contributed by atoms with Crippen molar-refractivity contribution in [3.63, 3.8) is 0 Å². The highest BCUT2D eigenvalue weighted by Gasteiger charge is 2.44. The molecule has 2 aliphatic rings. The minimum absolute atomic E-state index is 0.0416. The lowest BCUT2D eigenvalue weighted by molar-refractivity contribution is -0.139. The first kappa shape index (κ1) is 22.9. The lowest BCUT2D eigenvalue weighted by Crippen LogP contribution is -2.38. The van der Waals surface area contributed by atoms with E-state index in [0.717, 1.165) is 30.5 Å². The molecule has 3 rings (SSSR count). The maximum atomic E-state index is 13.4. The van der Waals surface area contributed by atoms with Gasteiger partial charge in [-0.05, 0) is 43.4 Å². The molecule has 168 valence electrons. The normalized spacial score (nSPS) is 20.2. The average molecular weight is 428 g/mol. The zero-order chi connectivity index (χ0) is 22.8. The van der Waals surface area contributed by atoms with Gasteiger partial charge in [-0.3, -0.25) is 4.79 Å². The Morgan fingerprint density at radius 3 is 2.58 bits per heavy atom. The third-order valence-electron chi connectivity index (χ3n) is 5.94. The summed E-state index contributed by atoms with van der Waals surface area (Å²) >= 11 is 0. The van der Waals surface area contributed by atoms with E-state index in [-0.39, 0.29) is 11.2 Å². The van der Waals surface area contributed by atoms with Crippen LogP contribution in [0.2, 0.25) is 0 Å². The van der Waals surface area contributed by atoms with Crippen LogP contribution >= 0.6 is 0 Å². The molecule has 1 atom stereocenters. The van der Waals surface area contributed by atoms with Crippen LogP contribution in [0.3, 0.4) is 0 Å². The number of rotatable bonds is 7. The second-order valence-electron chi connectivity index (χ2n) is 9.03. The number of ketones is 1. The molecule has 1 aromatic rings. The number of unbranched alkanes of at least 4 members (excludes halogenated alkanes) is 1. The minimum Gasteiger partial charge on any atom is -0.497 e. The van der Waals surface area contributed by atoms with Gasteiger partial charge in [-0.15, -0.1) is 0 Å². The van der Waals surface area contributed by atoms with Gasteiger partial charge >= 0.3 is 5.97 Å². The first-order chi connectivity index (χ1) is 14.7. The summed E-state index contributed by atoms with van der Waals surface area (Å²) in [6.07, 6.45) is 2.87. The van der Waals surface area contributed by atoms with E-state index >= 15 is 0 Å². The van der Waals surface area contributed by atoms with Crippen molar-refractivity contribution in [1.29, 1.82) is 0 Å². The van der Waals surface area contributed by atoms with Crippen LogP contribution in [0.25, 0.3) is 0 Å². The topological polar surface area (TPSA) is 73.9 Å². The molecule has 31 heavy (non-hydrogen) atoms. The Balaban J connectivity index is 2.18. The summed E-state index contributed by atoms with van der Waals surface area (Å²) in [5.41, 5.74) is 3.24. The van der Waals surface area contributed by atoms with Crippen molar-refractivity contribution < 1.29 is 23.8 Å². The number of dihydropyridines is 1. The Hall–Kier alpha value is -2.76. The SMILES string of the molecule is CCCCOC(=O)C1=C(C)NC2=C(C(=O)CC(C)(C)C2)C1c1cc(OC)ccc1OC. The number of esters is 1. The Morgan fingerprint density at radius 2 is 1.94 bits per heavy atom. The van der Waals surface area contributed by atoms with Gasteiger partial charge in [0, 0.05) is 29.0 Å². The van der Waals surface area contributed by atoms with Gasteiger partial charge in [0.1, 0.15) is 11.5 Å². The van der Waals surface area contributed by atoms with Gasteiger partial charge in [0.25, 0.3) is 0 Å². The zero-order valence-corrected chi connectivity index (χ0v) is 19.4. The quantitative estimate of drug-likeness (QED) is 0.504. The predicted octanol–water partition coefficient (Wildman–Crippen LogP) is 4.65. The van der Waals surface area contributed by atoms with E-state index in [1.807, 2.05) is 26.0 Å². The molecule has 1 aliphatic carbocycles. The van der Waals surface area contributed by atoms with Crippen molar-refractivity contribution in [3.8, 4) is 11.5 Å². The minimum atomic E-state index is -0.570. The number of carbonyl (C=O) groups is 2. The fourth-order valence-electron chi connectivity index (χ4n) is 4.47. The molecular weight excluding hydrogens is 394 g/mol. The number of carbonyl (C=O) groups excluding carboxylic acids is 2. The van der Waals surface area contributed by atoms with E-state index in [1.165, 1.54) is 0 Å². The molecule has 0 radical (unpaired) electrons. The number of nitrogens with one attached hydrogen (secondary N) is 1. The average Bonchev–Trinajstić information content (AvgIpc) is 2.71. The molecule has 1 aromatic carbocycles. The van der Waals surface area contributed by atoms with E-state index in [9.17, 15) is 9.59 Å². The Labute approximate surface area is 184 Å². The van der Waals surface area contributed by atoms with Gasteiger partial charge in [-0.1, -0.05) is 27.2 Å². The maximum Gasteiger partial charge on any atom is 0.336 e. The van der Waals surface area contributed by atoms with Crippen LogP contribution < -0.4 is 14.8 Å². The van der Waals surface area contributed by atoms with E-state index in [0.29, 0.717) is 41.4 Å². The molecule has 1 unspecified atom stereocenters. The van der Waals surface area contributed by atoms with Crippen LogP contribution in [0.5, 0.6) is 11.5 Å². The van der Waals surface area contributed by atoms with Crippen LogP contribution in [-0.2, 0) is 14.3 Å². The molecule has 0 aromatic heterocycles. The molecule has 0 bridgehead atoms. The third kappa shape index (κ3) is 4.63. The van der Waals surface area contributed by atoms with Crippen LogP contribution in [-0.4, -0.2) is 32.6 Å². The van der Waals surface area contributed by atoms with Crippen LogP contribution in [0.15, 0.2) is 40.7 Å². The molecule has 0 saturated carbocycles. The van der Waals surface area contributed by atoms with E-state index < -0.39 is 11.9 Å². The van der Waals surface area contributed by atoms with Gasteiger partial charge < -0.3 is 19.5 Å². The largest absolute Gasteiger partial charge is 0.497 e. The highest BCUT2D eigenvalue weighted by atomic mass is 16.5. The van der Waals surface area contributed by atoms with Crippen LogP contribution in [0.4, 0.5) is 0 Å². The third-order valence-corrected chi connectivity index (χ3v) is 5.94. The highest BCUT2D eigenvalue weighted by Crippen LogP contribution is 2.49. The van der Waals surface area contributed by atoms with Crippen molar-refractivity contribution in [3.05, 3.63) is 46.3 Å². The lowest BCUT2D eigenvalue weighted by atomic mass is 9.68. The zero-order valence-electron chi connectivity index (χ0n) is 19.4. The number of allylic oxidation sites excluding steroid dienone is 3. The molecule has 1 aliphatic heterocycles. The van der Waals surface area contributed by atoms with Crippen molar-refractivity contribution >= 4 is 11.8 Å². The second-order valence-corrected chi connectivity index (χ2v) is 9.03. The number of methoxy groups -OCH3 is 2. The standard InChI is InChI=1S/C25H33NO5/c1-7-8-11-31-24(28)21-15(2)26-18-13-25(3,4)14-19(27)23(18)22(21)17-12-16(29-5)9-10-20(17)30-6/h9-10,12,22,26H,7-8,11,13-14H2,1-6H3. The number of ether oxygens (including phenoxy) is 3. The number of Topliss-reactive ketones (excluding diaryl/α,β-unsaturated/α-hetero) is 1. The number of hydrogen-bond acceptors (Lipinski definition) is 6.